The van der Waals surface area contributed by atoms with Gasteiger partial charge in [0.15, 0.2) is 5.65 Å². The number of piperazine rings is 1. The number of nitrogens with one attached hydrogen (secondary N) is 1. The highest BCUT2D eigenvalue weighted by Crippen LogP contribution is 2.31. The molecule has 6 rings (SSSR count). The molecule has 4 heterocycles. The molecule has 0 radical (unpaired) electrons. The first-order valence-corrected chi connectivity index (χ1v) is 16.5. The van der Waals surface area contributed by atoms with Crippen LogP contribution in [0.5, 0.6) is 0 Å². The molecule has 5 aromatic rings. The second-order valence-electron chi connectivity index (χ2n) is 10.3. The van der Waals surface area contributed by atoms with Gasteiger partial charge in [-0.25, -0.2) is 37.1 Å². The molecule has 0 bridgehead atoms. The number of benzene rings is 2. The van der Waals surface area contributed by atoms with E-state index < -0.39 is 28.0 Å². The Labute approximate surface area is 268 Å². The Morgan fingerprint density at radius 2 is 1.80 bits per heavy atom. The van der Waals surface area contributed by atoms with E-state index >= 15 is 0 Å². The monoisotopic (exact) mass is 666 g/mol. The Morgan fingerprint density at radius 3 is 2.43 bits per heavy atom. The molecule has 1 saturated heterocycles. The van der Waals surface area contributed by atoms with Crippen LogP contribution < -0.4 is 4.90 Å². The van der Waals surface area contributed by atoms with E-state index in [1.54, 1.807) is 40.5 Å². The number of sulfonamides is 1. The van der Waals surface area contributed by atoms with Gasteiger partial charge in [-0.1, -0.05) is 55.0 Å². The van der Waals surface area contributed by atoms with Gasteiger partial charge in [-0.05, 0) is 29.1 Å². The molecule has 1 aliphatic heterocycles. The zero-order chi connectivity index (χ0) is 32.9. The van der Waals surface area contributed by atoms with Crippen molar-refractivity contribution in [2.75, 3.05) is 24.5 Å². The summed E-state index contributed by atoms with van der Waals surface area (Å²) in [6.45, 7) is 1.79. The van der Waals surface area contributed by atoms with E-state index in [1.807, 2.05) is 17.5 Å². The second kappa shape index (κ2) is 13.9. The summed E-state index contributed by atoms with van der Waals surface area (Å²) in [4.78, 5) is 31.5. The Bertz CT molecular complexity index is 1890. The number of nitrogens with zero attached hydrogens (tertiary/aromatic N) is 6. The summed E-state index contributed by atoms with van der Waals surface area (Å²) >= 11 is 1.56. The van der Waals surface area contributed by atoms with Crippen LogP contribution in [0.1, 0.15) is 24.5 Å². The highest BCUT2D eigenvalue weighted by atomic mass is 32.2. The number of rotatable bonds is 8. The third-order valence-electron chi connectivity index (χ3n) is 7.44. The van der Waals surface area contributed by atoms with Gasteiger partial charge in [-0.15, -0.1) is 17.9 Å². The fourth-order valence-electron chi connectivity index (χ4n) is 4.81. The SMILES string of the molecule is CCC(F)(F)c1ccc(C[NH-])cc1.O=C(O)[C@H]1CN(c2cnc3cncnc3n2)CCN1S(=O)(=O)c1ccc(-c2cccs2)cc1. The molecule has 0 spiro atoms. The summed E-state index contributed by atoms with van der Waals surface area (Å²) in [5.74, 6) is -3.53. The van der Waals surface area contributed by atoms with Gasteiger partial charge < -0.3 is 15.7 Å². The average molecular weight is 667 g/mol. The van der Waals surface area contributed by atoms with Crippen LogP contribution in [0.15, 0.2) is 89.7 Å². The van der Waals surface area contributed by atoms with Gasteiger partial charge in [0.2, 0.25) is 10.0 Å². The summed E-state index contributed by atoms with van der Waals surface area (Å²) in [7, 11) is -4.01. The van der Waals surface area contributed by atoms with Crippen LogP contribution in [0.4, 0.5) is 14.6 Å². The largest absolute Gasteiger partial charge is 0.674 e. The van der Waals surface area contributed by atoms with Crippen molar-refractivity contribution in [1.82, 2.24) is 24.2 Å². The van der Waals surface area contributed by atoms with Crippen molar-refractivity contribution >= 4 is 44.3 Å². The minimum atomic E-state index is -4.01. The van der Waals surface area contributed by atoms with E-state index in [1.165, 1.54) is 49.9 Å². The number of carbonyl (C=O) groups is 1. The Morgan fingerprint density at radius 1 is 1.07 bits per heavy atom. The minimum absolute atomic E-state index is 0.00450. The van der Waals surface area contributed by atoms with Gasteiger partial charge in [0.25, 0.3) is 5.92 Å². The summed E-state index contributed by atoms with van der Waals surface area (Å²) in [6.07, 6.45) is 4.22. The molecule has 1 aliphatic rings. The molecule has 2 N–H and O–H groups in total. The first-order valence-electron chi connectivity index (χ1n) is 14.2. The number of halogens is 2. The van der Waals surface area contributed by atoms with Crippen molar-refractivity contribution in [3.05, 3.63) is 102 Å². The lowest BCUT2D eigenvalue weighted by molar-refractivity contribution is -0.141. The van der Waals surface area contributed by atoms with Crippen molar-refractivity contribution in [2.24, 2.45) is 0 Å². The van der Waals surface area contributed by atoms with Crippen molar-refractivity contribution < 1.29 is 27.1 Å². The van der Waals surface area contributed by atoms with Gasteiger partial charge >= 0.3 is 5.97 Å². The van der Waals surface area contributed by atoms with Gasteiger partial charge in [0, 0.05) is 36.5 Å². The van der Waals surface area contributed by atoms with E-state index in [4.69, 9.17) is 5.73 Å². The van der Waals surface area contributed by atoms with Crippen LogP contribution in [0.25, 0.3) is 27.3 Å². The molecule has 1 fully saturated rings. The fourth-order valence-corrected chi connectivity index (χ4v) is 7.11. The predicted molar refractivity (Wildman–Crippen MR) is 171 cm³/mol. The first-order chi connectivity index (χ1) is 22.0. The maximum atomic E-state index is 13.3. The zero-order valence-electron chi connectivity index (χ0n) is 24.6. The summed E-state index contributed by atoms with van der Waals surface area (Å²) in [5, 5.41) is 11.8. The number of aromatic nitrogens is 4. The first kappa shape index (κ1) is 32.9. The highest BCUT2D eigenvalue weighted by Gasteiger charge is 2.40. The molecule has 240 valence electrons. The lowest BCUT2D eigenvalue weighted by atomic mass is 10.0. The number of anilines is 1. The predicted octanol–water partition coefficient (Wildman–Crippen LogP) is 5.85. The number of hydrogen-bond acceptors (Lipinski definition) is 9. The van der Waals surface area contributed by atoms with Crippen LogP contribution in [0.2, 0.25) is 0 Å². The van der Waals surface area contributed by atoms with Gasteiger partial charge in [-0.2, -0.15) is 4.31 Å². The molecule has 46 heavy (non-hydrogen) atoms. The molecule has 0 unspecified atom stereocenters. The lowest BCUT2D eigenvalue weighted by Crippen LogP contribution is -2.58. The molecule has 2 aromatic carbocycles. The molecule has 1 atom stereocenters. The number of alkyl halides is 2. The van der Waals surface area contributed by atoms with E-state index in [0.717, 1.165) is 20.3 Å². The normalized spacial score (nSPS) is 15.7. The highest BCUT2D eigenvalue weighted by molar-refractivity contribution is 7.89. The minimum Gasteiger partial charge on any atom is -0.674 e. The van der Waals surface area contributed by atoms with Crippen LogP contribution >= 0.6 is 11.3 Å². The molecule has 0 amide bonds. The third kappa shape index (κ3) is 7.17. The maximum absolute atomic E-state index is 13.3. The molecule has 3 aromatic heterocycles. The van der Waals surface area contributed by atoms with Crippen molar-refractivity contribution in [3.8, 4) is 10.4 Å². The summed E-state index contributed by atoms with van der Waals surface area (Å²) in [5.41, 5.74) is 9.63. The van der Waals surface area contributed by atoms with Gasteiger partial charge in [0.1, 0.15) is 23.7 Å². The topological polar surface area (TPSA) is 153 Å². The van der Waals surface area contributed by atoms with Crippen molar-refractivity contribution in [1.29, 1.82) is 0 Å². The number of aliphatic carboxylic acids is 1. The van der Waals surface area contributed by atoms with Crippen LogP contribution in [0.3, 0.4) is 0 Å². The van der Waals surface area contributed by atoms with E-state index in [2.05, 4.69) is 19.9 Å². The number of fused-ring (bicyclic) bond motifs is 1. The molecular weight excluding hydrogens is 637 g/mol. The number of hydrogen-bond donors (Lipinski definition) is 1. The van der Waals surface area contributed by atoms with Crippen LogP contribution in [-0.4, -0.2) is 69.4 Å². The van der Waals surface area contributed by atoms with Crippen molar-refractivity contribution in [2.45, 2.75) is 36.7 Å². The third-order valence-corrected chi connectivity index (χ3v) is 10.3. The van der Waals surface area contributed by atoms with Crippen LogP contribution in [0, 0.1) is 0 Å². The zero-order valence-corrected chi connectivity index (χ0v) is 26.3. The van der Waals surface area contributed by atoms with E-state index in [0.29, 0.717) is 17.0 Å². The van der Waals surface area contributed by atoms with Gasteiger partial charge in [0.05, 0.1) is 17.3 Å². The summed E-state index contributed by atoms with van der Waals surface area (Å²) in [6, 6.07) is 15.1. The smallest absolute Gasteiger partial charge is 0.323 e. The van der Waals surface area contributed by atoms with Crippen molar-refractivity contribution in [3.63, 3.8) is 0 Å². The molecule has 15 heteroatoms. The molecule has 0 saturated carbocycles. The van der Waals surface area contributed by atoms with E-state index in [-0.39, 0.29) is 43.1 Å². The Balaban J connectivity index is 0.000000270. The maximum Gasteiger partial charge on any atom is 0.323 e. The summed E-state index contributed by atoms with van der Waals surface area (Å²) < 4.78 is 53.8. The number of carboxylic acids is 1. The number of carboxylic acid groups (broad SMARTS) is 1. The quantitative estimate of drug-likeness (QED) is 0.215. The van der Waals surface area contributed by atoms with Crippen LogP contribution in [-0.2, 0) is 27.3 Å². The van der Waals surface area contributed by atoms with Gasteiger partial charge in [-0.3, -0.25) is 4.79 Å². The Hall–Kier alpha value is -4.44. The average Bonchev–Trinajstić information content (AvgIpc) is 3.63. The standard InChI is InChI=1S/C21H18N6O4S2.C10H12F2N/c28-21(29)17-12-26(19-11-23-16-10-22-13-24-20(16)25-19)7-8-27(17)33(30,31)15-5-3-14(4-6-15)18-2-1-9-32-18;1-2-10(11,12)9-5-3-8(7-13)4-6-9/h1-6,9-11,13,17H,7-8,12H2,(H,28,29);3-6,13H,2,7H2,1H3/q;-1/t17-;/m1./s1. The second-order valence-corrected chi connectivity index (χ2v) is 13.1. The Kier molecular flexibility index (Phi) is 9.96. The molecule has 0 aliphatic carbocycles. The molecular formula is C31H30F2N7O4S2-. The number of thiophene rings is 1. The van der Waals surface area contributed by atoms with E-state index in [9.17, 15) is 27.1 Å². The lowest BCUT2D eigenvalue weighted by Gasteiger charge is -2.38. The molecule has 11 nitrogen and oxygen atoms in total. The fraction of sp³-hybridized carbons (Fsp3) is 0.258.